The maximum atomic E-state index is 9.87. The fourth-order valence-electron chi connectivity index (χ4n) is 2.67. The number of aromatic hydroxyl groups is 1. The first-order chi connectivity index (χ1) is 11.5. The van der Waals surface area contributed by atoms with Crippen molar-refractivity contribution in [1.29, 1.82) is 0 Å². The molecule has 0 radical (unpaired) electrons. The molecule has 0 spiro atoms. The summed E-state index contributed by atoms with van der Waals surface area (Å²) in [5.74, 6) is 1.83. The molecule has 24 heavy (non-hydrogen) atoms. The minimum atomic E-state index is 0.327. The van der Waals surface area contributed by atoms with Crippen LogP contribution >= 0.6 is 0 Å². The van der Waals surface area contributed by atoms with E-state index in [9.17, 15) is 5.11 Å². The van der Waals surface area contributed by atoms with Gasteiger partial charge in [0, 0.05) is 11.1 Å². The second-order valence-electron chi connectivity index (χ2n) is 5.83. The van der Waals surface area contributed by atoms with Crippen LogP contribution in [0.5, 0.6) is 11.5 Å². The van der Waals surface area contributed by atoms with Gasteiger partial charge in [-0.15, -0.1) is 0 Å². The summed E-state index contributed by atoms with van der Waals surface area (Å²) in [5.41, 5.74) is 4.04. The van der Waals surface area contributed by atoms with Crippen LogP contribution < -0.4 is 10.1 Å². The molecule has 0 amide bonds. The van der Waals surface area contributed by atoms with Gasteiger partial charge in [-0.3, -0.25) is 0 Å². The molecule has 2 heterocycles. The van der Waals surface area contributed by atoms with E-state index in [0.29, 0.717) is 23.8 Å². The Kier molecular flexibility index (Phi) is 4.25. The van der Waals surface area contributed by atoms with Gasteiger partial charge in [-0.05, 0) is 69.2 Å². The Morgan fingerprint density at radius 1 is 1.04 bits per heavy atom. The number of hydrogen-bond donors (Lipinski definition) is 2. The number of fused-ring (bicyclic) bond motifs is 1. The third-order valence-electron chi connectivity index (χ3n) is 3.89. The minimum absolute atomic E-state index is 0.327. The van der Waals surface area contributed by atoms with E-state index in [4.69, 9.17) is 4.74 Å². The maximum Gasteiger partial charge on any atom is 0.162 e. The van der Waals surface area contributed by atoms with Gasteiger partial charge in [0.05, 0.1) is 12.3 Å². The molecule has 0 fully saturated rings. The minimum Gasteiger partial charge on any atom is -0.507 e. The number of ether oxygens (including phenoxy) is 1. The predicted octanol–water partition coefficient (Wildman–Crippen LogP) is 4.40. The summed E-state index contributed by atoms with van der Waals surface area (Å²) in [7, 11) is 0. The normalized spacial score (nSPS) is 10.8. The summed E-state index contributed by atoms with van der Waals surface area (Å²) in [6, 6.07) is 9.63. The lowest BCUT2D eigenvalue weighted by atomic mass is 10.1. The Morgan fingerprint density at radius 3 is 2.42 bits per heavy atom. The summed E-state index contributed by atoms with van der Waals surface area (Å²) < 4.78 is 5.58. The van der Waals surface area contributed by atoms with E-state index in [1.54, 1.807) is 0 Å². The average Bonchev–Trinajstić information content (AvgIpc) is 2.53. The fraction of sp³-hybridized carbons (Fsp3) is 0.263. The highest BCUT2D eigenvalue weighted by Crippen LogP contribution is 2.28. The van der Waals surface area contributed by atoms with Crippen molar-refractivity contribution >= 4 is 22.5 Å². The Morgan fingerprint density at radius 2 is 1.75 bits per heavy atom. The summed E-state index contributed by atoms with van der Waals surface area (Å²) in [6.45, 7) is 8.24. The van der Waals surface area contributed by atoms with Crippen LogP contribution in [0.25, 0.3) is 11.0 Å². The monoisotopic (exact) mass is 323 g/mol. The fourth-order valence-corrected chi connectivity index (χ4v) is 2.67. The number of rotatable bonds is 4. The smallest absolute Gasteiger partial charge is 0.162 e. The van der Waals surface area contributed by atoms with Crippen LogP contribution in [-0.2, 0) is 0 Å². The Labute approximate surface area is 141 Å². The average molecular weight is 323 g/mol. The number of nitrogens with zero attached hydrogens (tertiary/aromatic N) is 2. The van der Waals surface area contributed by atoms with Crippen LogP contribution in [0.1, 0.15) is 23.7 Å². The van der Waals surface area contributed by atoms with Crippen molar-refractivity contribution in [3.63, 3.8) is 0 Å². The number of aromatic nitrogens is 2. The van der Waals surface area contributed by atoms with Gasteiger partial charge in [0.15, 0.2) is 5.65 Å². The molecule has 1 aromatic carbocycles. The van der Waals surface area contributed by atoms with Gasteiger partial charge in [-0.25, -0.2) is 9.97 Å². The standard InChI is InChI=1S/C19H21N3O2/c1-5-24-16-10-14-6-7-17(22-19(14)20-13(16)4)21-15-8-11(2)18(23)12(3)9-15/h6-10,23H,5H2,1-4H3,(H,20,21,22). The lowest BCUT2D eigenvalue weighted by Crippen LogP contribution is -1.99. The second kappa shape index (κ2) is 6.35. The molecule has 0 unspecified atom stereocenters. The zero-order chi connectivity index (χ0) is 17.3. The summed E-state index contributed by atoms with van der Waals surface area (Å²) >= 11 is 0. The molecule has 5 nitrogen and oxygen atoms in total. The van der Waals surface area contributed by atoms with Crippen LogP contribution in [-0.4, -0.2) is 21.7 Å². The molecule has 0 saturated carbocycles. The van der Waals surface area contributed by atoms with E-state index in [-0.39, 0.29) is 0 Å². The lowest BCUT2D eigenvalue weighted by Gasteiger charge is -2.11. The van der Waals surface area contributed by atoms with Crippen LogP contribution in [0.2, 0.25) is 0 Å². The molecule has 0 aliphatic heterocycles. The van der Waals surface area contributed by atoms with Crippen LogP contribution in [0.4, 0.5) is 11.5 Å². The summed E-state index contributed by atoms with van der Waals surface area (Å²) in [5, 5.41) is 14.1. The molecule has 124 valence electrons. The number of pyridine rings is 2. The summed E-state index contributed by atoms with van der Waals surface area (Å²) in [6.07, 6.45) is 0. The van der Waals surface area contributed by atoms with Crippen molar-refractivity contribution in [2.24, 2.45) is 0 Å². The largest absolute Gasteiger partial charge is 0.507 e. The van der Waals surface area contributed by atoms with Crippen molar-refractivity contribution in [1.82, 2.24) is 9.97 Å². The zero-order valence-electron chi connectivity index (χ0n) is 14.3. The number of nitrogens with one attached hydrogen (secondary N) is 1. The van der Waals surface area contributed by atoms with Crippen LogP contribution in [0.15, 0.2) is 30.3 Å². The molecule has 3 rings (SSSR count). The molecule has 2 N–H and O–H groups in total. The van der Waals surface area contributed by atoms with E-state index >= 15 is 0 Å². The third kappa shape index (κ3) is 3.11. The van der Waals surface area contributed by atoms with Crippen LogP contribution in [0, 0.1) is 20.8 Å². The Hall–Kier alpha value is -2.82. The first-order valence-electron chi connectivity index (χ1n) is 7.96. The number of benzene rings is 1. The molecule has 5 heteroatoms. The van der Waals surface area contributed by atoms with E-state index < -0.39 is 0 Å². The molecule has 0 aliphatic carbocycles. The first kappa shape index (κ1) is 16.1. The Bertz CT molecular complexity index is 883. The maximum absolute atomic E-state index is 9.87. The topological polar surface area (TPSA) is 67.3 Å². The van der Waals surface area contributed by atoms with E-state index in [1.165, 1.54) is 0 Å². The number of phenolic OH excluding ortho intramolecular Hbond substituents is 1. The SMILES string of the molecule is CCOc1cc2ccc(Nc3cc(C)c(O)c(C)c3)nc2nc1C. The number of phenols is 1. The number of hydrogen-bond acceptors (Lipinski definition) is 5. The van der Waals surface area contributed by atoms with Crippen molar-refractivity contribution < 1.29 is 9.84 Å². The van der Waals surface area contributed by atoms with Gasteiger partial charge in [0.1, 0.15) is 17.3 Å². The van der Waals surface area contributed by atoms with Crippen molar-refractivity contribution in [3.8, 4) is 11.5 Å². The van der Waals surface area contributed by atoms with Gasteiger partial charge in [0.25, 0.3) is 0 Å². The number of anilines is 2. The third-order valence-corrected chi connectivity index (χ3v) is 3.89. The molecular formula is C19H21N3O2. The highest BCUT2D eigenvalue weighted by atomic mass is 16.5. The zero-order valence-corrected chi connectivity index (χ0v) is 14.3. The quantitative estimate of drug-likeness (QED) is 0.696. The molecule has 0 aliphatic rings. The molecule has 0 saturated heterocycles. The molecule has 0 atom stereocenters. The van der Waals surface area contributed by atoms with Crippen molar-refractivity contribution in [2.75, 3.05) is 11.9 Å². The first-order valence-corrected chi connectivity index (χ1v) is 7.96. The van der Waals surface area contributed by atoms with Crippen molar-refractivity contribution in [2.45, 2.75) is 27.7 Å². The van der Waals surface area contributed by atoms with E-state index in [1.807, 2.05) is 58.0 Å². The molecule has 3 aromatic rings. The van der Waals surface area contributed by atoms with Crippen LogP contribution in [0.3, 0.4) is 0 Å². The molecule has 0 bridgehead atoms. The van der Waals surface area contributed by atoms with Gasteiger partial charge in [-0.2, -0.15) is 0 Å². The van der Waals surface area contributed by atoms with Crippen molar-refractivity contribution in [3.05, 3.63) is 47.2 Å². The molecule has 2 aromatic heterocycles. The second-order valence-corrected chi connectivity index (χ2v) is 5.83. The number of aryl methyl sites for hydroxylation is 3. The van der Waals surface area contributed by atoms with E-state index in [2.05, 4.69) is 15.3 Å². The summed E-state index contributed by atoms with van der Waals surface area (Å²) in [4.78, 5) is 9.10. The van der Waals surface area contributed by atoms with Gasteiger partial charge >= 0.3 is 0 Å². The highest BCUT2D eigenvalue weighted by molar-refractivity contribution is 5.79. The van der Waals surface area contributed by atoms with Gasteiger partial charge < -0.3 is 15.2 Å². The highest BCUT2D eigenvalue weighted by Gasteiger charge is 2.08. The van der Waals surface area contributed by atoms with E-state index in [0.717, 1.165) is 33.6 Å². The Balaban J connectivity index is 1.95. The predicted molar refractivity (Wildman–Crippen MR) is 96.3 cm³/mol. The molecular weight excluding hydrogens is 302 g/mol. The van der Waals surface area contributed by atoms with Gasteiger partial charge in [0.2, 0.25) is 0 Å². The lowest BCUT2D eigenvalue weighted by molar-refractivity contribution is 0.337. The van der Waals surface area contributed by atoms with Gasteiger partial charge in [-0.1, -0.05) is 0 Å².